The Balaban J connectivity index is 2.00. The molecule has 1 aromatic heterocycles. The summed E-state index contributed by atoms with van der Waals surface area (Å²) in [5.41, 5.74) is 3.58. The van der Waals surface area contributed by atoms with E-state index >= 15 is 0 Å². The number of hydrogen-bond acceptors (Lipinski definition) is 3. The van der Waals surface area contributed by atoms with E-state index in [-0.39, 0.29) is 0 Å². The average Bonchev–Trinajstić information content (AvgIpc) is 2.88. The van der Waals surface area contributed by atoms with Crippen LogP contribution < -0.4 is 5.32 Å². The smallest absolute Gasteiger partial charge is 0.148 e. The quantitative estimate of drug-likeness (QED) is 0.862. The first kappa shape index (κ1) is 13.4. The monoisotopic (exact) mass is 347 g/mol. The number of fused-ring (bicyclic) bond motifs is 1. The maximum Gasteiger partial charge on any atom is 0.148 e. The number of nitrogens with zero attached hydrogens (tertiary/aromatic N) is 2. The molecule has 0 saturated heterocycles. The van der Waals surface area contributed by atoms with E-state index in [4.69, 9.17) is 11.6 Å². The molecule has 0 bridgehead atoms. The summed E-state index contributed by atoms with van der Waals surface area (Å²) in [6, 6.07) is 9.70. The van der Waals surface area contributed by atoms with Gasteiger partial charge in [0.15, 0.2) is 0 Å². The highest BCUT2D eigenvalue weighted by Crippen LogP contribution is 2.31. The minimum atomic E-state index is 0.560. The predicted octanol–water partition coefficient (Wildman–Crippen LogP) is 4.60. The van der Waals surface area contributed by atoms with Gasteiger partial charge < -0.3 is 5.32 Å². The van der Waals surface area contributed by atoms with Crippen molar-refractivity contribution in [3.05, 3.63) is 50.6 Å². The molecule has 3 nitrogen and oxygen atoms in total. The van der Waals surface area contributed by atoms with Crippen LogP contribution in [0, 0.1) is 11.3 Å². The third kappa shape index (κ3) is 2.52. The van der Waals surface area contributed by atoms with E-state index in [1.165, 1.54) is 5.56 Å². The van der Waals surface area contributed by atoms with Crippen LogP contribution in [0.2, 0.25) is 5.02 Å². The average molecular weight is 349 g/mol. The van der Waals surface area contributed by atoms with Crippen LogP contribution in [0.15, 0.2) is 28.7 Å². The molecule has 2 aromatic rings. The molecule has 20 heavy (non-hydrogen) atoms. The highest BCUT2D eigenvalue weighted by molar-refractivity contribution is 9.10. The minimum absolute atomic E-state index is 0.560. The Bertz CT molecular complexity index is 722. The molecule has 0 amide bonds. The Morgan fingerprint density at radius 2 is 2.15 bits per heavy atom. The topological polar surface area (TPSA) is 48.7 Å². The summed E-state index contributed by atoms with van der Waals surface area (Å²) in [5.74, 6) is 0.581. The van der Waals surface area contributed by atoms with Gasteiger partial charge in [-0.1, -0.05) is 27.5 Å². The van der Waals surface area contributed by atoms with Gasteiger partial charge in [0.1, 0.15) is 11.9 Å². The number of nitrogens with one attached hydrogen (secondary N) is 1. The Morgan fingerprint density at radius 3 is 2.90 bits per heavy atom. The zero-order valence-corrected chi connectivity index (χ0v) is 12.9. The van der Waals surface area contributed by atoms with Crippen molar-refractivity contribution < 1.29 is 0 Å². The van der Waals surface area contributed by atoms with Gasteiger partial charge in [-0.25, -0.2) is 4.98 Å². The Hall–Kier alpha value is -1.57. The van der Waals surface area contributed by atoms with Crippen LogP contribution in [0.5, 0.6) is 0 Å². The van der Waals surface area contributed by atoms with Gasteiger partial charge in [0.05, 0.1) is 16.3 Å². The summed E-state index contributed by atoms with van der Waals surface area (Å²) in [4.78, 5) is 4.58. The minimum Gasteiger partial charge on any atom is -0.338 e. The maximum absolute atomic E-state index is 9.27. The molecule has 0 unspecified atom stereocenters. The molecule has 1 aliphatic rings. The number of aryl methyl sites for hydroxylation is 2. The first-order valence-corrected chi connectivity index (χ1v) is 7.49. The maximum atomic E-state index is 9.27. The zero-order chi connectivity index (χ0) is 14.1. The molecule has 1 heterocycles. The van der Waals surface area contributed by atoms with E-state index in [9.17, 15) is 5.26 Å². The second-order valence-electron chi connectivity index (χ2n) is 4.70. The van der Waals surface area contributed by atoms with Crippen molar-refractivity contribution in [2.24, 2.45) is 0 Å². The molecule has 0 spiro atoms. The van der Waals surface area contributed by atoms with Crippen LogP contribution in [0.25, 0.3) is 0 Å². The number of pyridine rings is 1. The number of benzene rings is 1. The molecule has 100 valence electrons. The number of anilines is 2. The largest absolute Gasteiger partial charge is 0.338 e. The van der Waals surface area contributed by atoms with Crippen molar-refractivity contribution in [2.75, 3.05) is 5.32 Å². The molecular formula is C15H11BrClN3. The van der Waals surface area contributed by atoms with Crippen LogP contribution in [0.1, 0.15) is 23.2 Å². The van der Waals surface area contributed by atoms with E-state index in [2.05, 4.69) is 32.3 Å². The summed E-state index contributed by atoms with van der Waals surface area (Å²) in [6.07, 6.45) is 3.09. The third-order valence-corrected chi connectivity index (χ3v) is 4.16. The van der Waals surface area contributed by atoms with Gasteiger partial charge in [-0.15, -0.1) is 0 Å². The van der Waals surface area contributed by atoms with Gasteiger partial charge in [-0.3, -0.25) is 0 Å². The fourth-order valence-corrected chi connectivity index (χ4v) is 3.09. The van der Waals surface area contributed by atoms with Crippen LogP contribution in [-0.4, -0.2) is 4.98 Å². The summed E-state index contributed by atoms with van der Waals surface area (Å²) >= 11 is 9.56. The SMILES string of the molecule is N#Cc1cc2c(nc1Nc1ccc(Br)cc1Cl)CCC2. The van der Waals surface area contributed by atoms with Crippen molar-refractivity contribution in [1.29, 1.82) is 5.26 Å². The normalized spacial score (nSPS) is 12.8. The number of rotatable bonds is 2. The van der Waals surface area contributed by atoms with Crippen LogP contribution in [0.3, 0.4) is 0 Å². The van der Waals surface area contributed by atoms with Crippen LogP contribution in [0.4, 0.5) is 11.5 Å². The van der Waals surface area contributed by atoms with Gasteiger partial charge in [-0.2, -0.15) is 5.26 Å². The second kappa shape index (κ2) is 5.43. The Kier molecular flexibility index (Phi) is 3.64. The first-order valence-electron chi connectivity index (χ1n) is 6.32. The van der Waals surface area contributed by atoms with Crippen molar-refractivity contribution in [2.45, 2.75) is 19.3 Å². The number of halogens is 2. The number of hydrogen-bond donors (Lipinski definition) is 1. The summed E-state index contributed by atoms with van der Waals surface area (Å²) < 4.78 is 0.912. The van der Waals surface area contributed by atoms with Gasteiger partial charge in [-0.05, 0) is 49.1 Å². The standard InChI is InChI=1S/C15H11BrClN3/c16-11-4-5-14(12(17)7-11)20-15-10(8-18)6-9-2-1-3-13(9)19-15/h4-7H,1-3H2,(H,19,20). The van der Waals surface area contributed by atoms with Gasteiger partial charge in [0.2, 0.25) is 0 Å². The highest BCUT2D eigenvalue weighted by Gasteiger charge is 2.17. The predicted molar refractivity (Wildman–Crippen MR) is 83.4 cm³/mol. The fourth-order valence-electron chi connectivity index (χ4n) is 2.37. The lowest BCUT2D eigenvalue weighted by molar-refractivity contribution is 0.900. The zero-order valence-electron chi connectivity index (χ0n) is 10.6. The molecule has 3 rings (SSSR count). The van der Waals surface area contributed by atoms with Crippen molar-refractivity contribution in [3.8, 4) is 6.07 Å². The lowest BCUT2D eigenvalue weighted by Gasteiger charge is -2.11. The number of aromatic nitrogens is 1. The molecule has 0 radical (unpaired) electrons. The summed E-state index contributed by atoms with van der Waals surface area (Å²) in [6.45, 7) is 0. The van der Waals surface area contributed by atoms with Crippen molar-refractivity contribution in [1.82, 2.24) is 4.98 Å². The van der Waals surface area contributed by atoms with E-state index in [1.807, 2.05) is 24.3 Å². The van der Waals surface area contributed by atoms with Gasteiger partial charge in [0, 0.05) is 10.2 Å². The lowest BCUT2D eigenvalue weighted by atomic mass is 10.1. The Morgan fingerprint density at radius 1 is 1.30 bits per heavy atom. The first-order chi connectivity index (χ1) is 9.67. The molecule has 0 aliphatic heterocycles. The lowest BCUT2D eigenvalue weighted by Crippen LogP contribution is -2.01. The van der Waals surface area contributed by atoms with Crippen LogP contribution >= 0.6 is 27.5 Å². The van der Waals surface area contributed by atoms with Crippen molar-refractivity contribution in [3.63, 3.8) is 0 Å². The molecule has 1 aliphatic carbocycles. The summed E-state index contributed by atoms with van der Waals surface area (Å²) in [5, 5.41) is 13.0. The summed E-state index contributed by atoms with van der Waals surface area (Å²) in [7, 11) is 0. The molecule has 1 N–H and O–H groups in total. The molecule has 5 heteroatoms. The van der Waals surface area contributed by atoms with Gasteiger partial charge in [0.25, 0.3) is 0 Å². The van der Waals surface area contributed by atoms with E-state index in [0.717, 1.165) is 35.1 Å². The van der Waals surface area contributed by atoms with Crippen LogP contribution in [-0.2, 0) is 12.8 Å². The molecule has 1 aromatic carbocycles. The number of nitriles is 1. The third-order valence-electron chi connectivity index (χ3n) is 3.36. The fraction of sp³-hybridized carbons (Fsp3) is 0.200. The van der Waals surface area contributed by atoms with E-state index in [0.29, 0.717) is 16.4 Å². The molecule has 0 fully saturated rings. The highest BCUT2D eigenvalue weighted by atomic mass is 79.9. The van der Waals surface area contributed by atoms with E-state index < -0.39 is 0 Å². The molecule has 0 saturated carbocycles. The second-order valence-corrected chi connectivity index (χ2v) is 6.03. The van der Waals surface area contributed by atoms with Crippen molar-refractivity contribution >= 4 is 39.0 Å². The van der Waals surface area contributed by atoms with Gasteiger partial charge >= 0.3 is 0 Å². The molecule has 0 atom stereocenters. The van der Waals surface area contributed by atoms with E-state index in [1.54, 1.807) is 0 Å². The Labute approximate surface area is 130 Å². The molecular weight excluding hydrogens is 338 g/mol.